The molecular formula is C17H21Cl2N3O. The number of nitrogens with zero attached hydrogens (tertiary/aromatic N) is 2. The smallest absolute Gasteiger partial charge is 0.123 e. The lowest BCUT2D eigenvalue weighted by Crippen LogP contribution is -2.45. The summed E-state index contributed by atoms with van der Waals surface area (Å²) in [5.41, 5.74) is 1.13. The summed E-state index contributed by atoms with van der Waals surface area (Å²) < 4.78 is 0. The molecule has 0 aromatic heterocycles. The van der Waals surface area contributed by atoms with Gasteiger partial charge in [-0.3, -0.25) is 4.90 Å². The van der Waals surface area contributed by atoms with Crippen molar-refractivity contribution in [3.05, 3.63) is 42.0 Å². The first-order valence-corrected chi connectivity index (χ1v) is 7.33. The van der Waals surface area contributed by atoms with Crippen LogP contribution in [0, 0.1) is 11.3 Å². The van der Waals surface area contributed by atoms with Crippen molar-refractivity contribution >= 4 is 35.6 Å². The van der Waals surface area contributed by atoms with Crippen LogP contribution in [-0.4, -0.2) is 36.2 Å². The zero-order valence-corrected chi connectivity index (χ0v) is 14.4. The van der Waals surface area contributed by atoms with Gasteiger partial charge < -0.3 is 10.4 Å². The van der Waals surface area contributed by atoms with Gasteiger partial charge in [-0.2, -0.15) is 5.26 Å². The number of piperazine rings is 1. The van der Waals surface area contributed by atoms with Crippen molar-refractivity contribution in [1.29, 1.82) is 5.26 Å². The fourth-order valence-electron chi connectivity index (χ4n) is 3.11. The molecule has 0 bridgehead atoms. The predicted octanol–water partition coefficient (Wildman–Crippen LogP) is 3.25. The largest absolute Gasteiger partial charge is 0.507 e. The highest BCUT2D eigenvalue weighted by Gasteiger charge is 2.23. The van der Waals surface area contributed by atoms with E-state index in [9.17, 15) is 10.4 Å². The number of aromatic hydroxyl groups is 1. The average Bonchev–Trinajstić information content (AvgIpc) is 2.55. The summed E-state index contributed by atoms with van der Waals surface area (Å²) in [7, 11) is 0. The van der Waals surface area contributed by atoms with Crippen LogP contribution in [0.25, 0.3) is 10.8 Å². The van der Waals surface area contributed by atoms with Crippen LogP contribution >= 0.6 is 24.8 Å². The monoisotopic (exact) mass is 353 g/mol. The van der Waals surface area contributed by atoms with Gasteiger partial charge in [0.2, 0.25) is 0 Å². The maximum absolute atomic E-state index is 10.0. The Morgan fingerprint density at radius 2 is 1.74 bits per heavy atom. The summed E-state index contributed by atoms with van der Waals surface area (Å²) in [5.74, 6) is 0.297. The number of fused-ring (bicyclic) bond motifs is 1. The highest BCUT2D eigenvalue weighted by molar-refractivity contribution is 5.91. The Balaban J connectivity index is 0.00000132. The lowest BCUT2D eigenvalue weighted by atomic mass is 9.95. The number of hydrogen-bond acceptors (Lipinski definition) is 4. The SMILES string of the molecule is Cl.Cl.N#CC[C@@H](c1ccc(O)c2ccccc12)N1CCNCC1. The fraction of sp³-hybridized carbons (Fsp3) is 0.353. The molecule has 124 valence electrons. The number of benzene rings is 2. The molecule has 0 aliphatic carbocycles. The summed E-state index contributed by atoms with van der Waals surface area (Å²) in [6.45, 7) is 3.80. The van der Waals surface area contributed by atoms with Crippen molar-refractivity contribution in [2.75, 3.05) is 26.2 Å². The number of nitrogens with one attached hydrogen (secondary N) is 1. The molecule has 4 nitrogen and oxygen atoms in total. The molecule has 0 radical (unpaired) electrons. The van der Waals surface area contributed by atoms with Crippen LogP contribution in [0.5, 0.6) is 5.75 Å². The van der Waals surface area contributed by atoms with E-state index in [0.29, 0.717) is 12.2 Å². The first-order chi connectivity index (χ1) is 10.3. The molecule has 23 heavy (non-hydrogen) atoms. The zero-order valence-electron chi connectivity index (χ0n) is 12.7. The number of rotatable bonds is 3. The van der Waals surface area contributed by atoms with Gasteiger partial charge in [0.25, 0.3) is 0 Å². The highest BCUT2D eigenvalue weighted by Crippen LogP contribution is 2.34. The average molecular weight is 354 g/mol. The van der Waals surface area contributed by atoms with Crippen molar-refractivity contribution in [1.82, 2.24) is 10.2 Å². The molecule has 2 N–H and O–H groups in total. The molecule has 1 heterocycles. The summed E-state index contributed by atoms with van der Waals surface area (Å²) in [4.78, 5) is 2.36. The number of phenolic OH excluding ortho intramolecular Hbond substituents is 1. The Bertz CT molecular complexity index is 681. The number of phenols is 1. The molecule has 1 saturated heterocycles. The van der Waals surface area contributed by atoms with Gasteiger partial charge >= 0.3 is 0 Å². The third kappa shape index (κ3) is 4.07. The van der Waals surface area contributed by atoms with Crippen LogP contribution in [0.4, 0.5) is 0 Å². The molecule has 0 amide bonds. The first-order valence-electron chi connectivity index (χ1n) is 7.33. The van der Waals surface area contributed by atoms with Crippen LogP contribution in [0.1, 0.15) is 18.0 Å². The van der Waals surface area contributed by atoms with E-state index in [1.165, 1.54) is 0 Å². The highest BCUT2D eigenvalue weighted by atomic mass is 35.5. The number of nitriles is 1. The molecule has 2 aromatic carbocycles. The quantitative estimate of drug-likeness (QED) is 0.888. The van der Waals surface area contributed by atoms with Gasteiger partial charge in [0.05, 0.1) is 12.5 Å². The zero-order chi connectivity index (χ0) is 14.7. The molecule has 3 rings (SSSR count). The third-order valence-corrected chi connectivity index (χ3v) is 4.17. The van der Waals surface area contributed by atoms with E-state index < -0.39 is 0 Å². The Morgan fingerprint density at radius 1 is 1.09 bits per heavy atom. The number of hydrogen-bond donors (Lipinski definition) is 2. The topological polar surface area (TPSA) is 59.3 Å². The molecule has 0 saturated carbocycles. The lowest BCUT2D eigenvalue weighted by molar-refractivity contribution is 0.176. The Morgan fingerprint density at radius 3 is 2.39 bits per heavy atom. The molecule has 1 fully saturated rings. The van der Waals surface area contributed by atoms with Crippen molar-refractivity contribution in [3.63, 3.8) is 0 Å². The second kappa shape index (κ2) is 8.95. The van der Waals surface area contributed by atoms with E-state index >= 15 is 0 Å². The van der Waals surface area contributed by atoms with E-state index in [-0.39, 0.29) is 30.9 Å². The molecular weight excluding hydrogens is 333 g/mol. The van der Waals surface area contributed by atoms with Gasteiger partial charge in [0.15, 0.2) is 0 Å². The van der Waals surface area contributed by atoms with Crippen LogP contribution in [0.3, 0.4) is 0 Å². The Labute approximate surface area is 148 Å². The van der Waals surface area contributed by atoms with Crippen molar-refractivity contribution in [2.45, 2.75) is 12.5 Å². The van der Waals surface area contributed by atoms with Gasteiger partial charge in [-0.15, -0.1) is 24.8 Å². The lowest BCUT2D eigenvalue weighted by Gasteiger charge is -2.34. The second-order valence-corrected chi connectivity index (χ2v) is 5.38. The summed E-state index contributed by atoms with van der Waals surface area (Å²) >= 11 is 0. The van der Waals surface area contributed by atoms with Crippen LogP contribution in [-0.2, 0) is 0 Å². The normalized spacial score (nSPS) is 16.0. The molecule has 1 aliphatic heterocycles. The second-order valence-electron chi connectivity index (χ2n) is 5.38. The Hall–Kier alpha value is -1.51. The Kier molecular flexibility index (Phi) is 7.60. The maximum Gasteiger partial charge on any atom is 0.123 e. The van der Waals surface area contributed by atoms with Gasteiger partial charge in [-0.1, -0.05) is 30.3 Å². The van der Waals surface area contributed by atoms with E-state index in [1.807, 2.05) is 30.3 Å². The fourth-order valence-corrected chi connectivity index (χ4v) is 3.11. The van der Waals surface area contributed by atoms with Crippen LogP contribution in [0.15, 0.2) is 36.4 Å². The van der Waals surface area contributed by atoms with Crippen molar-refractivity contribution < 1.29 is 5.11 Å². The molecule has 2 aromatic rings. The predicted molar refractivity (Wildman–Crippen MR) is 97.5 cm³/mol. The molecule has 6 heteroatoms. The maximum atomic E-state index is 10.0. The molecule has 1 aliphatic rings. The van der Waals surface area contributed by atoms with Crippen molar-refractivity contribution in [2.24, 2.45) is 0 Å². The molecule has 1 atom stereocenters. The minimum Gasteiger partial charge on any atom is -0.507 e. The van der Waals surface area contributed by atoms with Crippen LogP contribution < -0.4 is 5.32 Å². The van der Waals surface area contributed by atoms with E-state index in [4.69, 9.17) is 0 Å². The first kappa shape index (κ1) is 19.5. The van der Waals surface area contributed by atoms with Gasteiger partial charge in [0.1, 0.15) is 5.75 Å². The van der Waals surface area contributed by atoms with E-state index in [1.54, 1.807) is 6.07 Å². The standard InChI is InChI=1S/C17H19N3O.2ClH/c18-8-7-16(20-11-9-19-10-12-20)14-5-6-17(21)15-4-2-1-3-13(14)15;;/h1-6,16,19,21H,7,9-12H2;2*1H/t16-;;/m0../s1. The minimum absolute atomic E-state index is 0. The van der Waals surface area contributed by atoms with E-state index in [0.717, 1.165) is 42.5 Å². The van der Waals surface area contributed by atoms with Crippen LogP contribution in [0.2, 0.25) is 0 Å². The van der Waals surface area contributed by atoms with E-state index in [2.05, 4.69) is 16.3 Å². The van der Waals surface area contributed by atoms with Crippen molar-refractivity contribution in [3.8, 4) is 11.8 Å². The van der Waals surface area contributed by atoms with Gasteiger partial charge in [-0.25, -0.2) is 0 Å². The summed E-state index contributed by atoms with van der Waals surface area (Å²) in [6.07, 6.45) is 0.467. The number of halogens is 2. The van der Waals surface area contributed by atoms with Gasteiger partial charge in [-0.05, 0) is 17.0 Å². The van der Waals surface area contributed by atoms with Gasteiger partial charge in [0, 0.05) is 37.6 Å². The molecule has 0 unspecified atom stereocenters. The molecule has 0 spiro atoms. The summed E-state index contributed by atoms with van der Waals surface area (Å²) in [5, 5.41) is 24.5. The summed E-state index contributed by atoms with van der Waals surface area (Å²) in [6, 6.07) is 14.0. The minimum atomic E-state index is 0. The third-order valence-electron chi connectivity index (χ3n) is 4.17.